The molecule has 26 heavy (non-hydrogen) atoms. The quantitative estimate of drug-likeness (QED) is 0.443. The van der Waals surface area contributed by atoms with Crippen molar-refractivity contribution < 1.29 is 13.2 Å². The minimum atomic E-state index is -4.36. The van der Waals surface area contributed by atoms with Gasteiger partial charge in [-0.3, -0.25) is 4.98 Å². The molecule has 3 rings (SSSR count). The molecule has 3 heterocycles. The first-order valence-electron chi connectivity index (χ1n) is 8.78. The highest BCUT2D eigenvalue weighted by Gasteiger charge is 2.31. The van der Waals surface area contributed by atoms with Crippen molar-refractivity contribution >= 4 is 11.3 Å². The van der Waals surface area contributed by atoms with E-state index in [0.717, 1.165) is 30.7 Å². The largest absolute Gasteiger partial charge is 0.417 e. The third kappa shape index (κ3) is 4.36. The summed E-state index contributed by atoms with van der Waals surface area (Å²) in [6, 6.07) is 7.01. The monoisotopic (exact) mass is 378 g/mol. The molecule has 0 amide bonds. The lowest BCUT2D eigenvalue weighted by molar-refractivity contribution is -0.137. The number of hydrogen-bond acceptors (Lipinski definition) is 2. The molecular weight excluding hydrogens is 357 g/mol. The van der Waals surface area contributed by atoms with E-state index in [2.05, 4.69) is 28.3 Å². The predicted octanol–water partition coefficient (Wildman–Crippen LogP) is 6.95. The van der Waals surface area contributed by atoms with E-state index in [-0.39, 0.29) is 0 Å². The van der Waals surface area contributed by atoms with Gasteiger partial charge < -0.3 is 4.98 Å². The summed E-state index contributed by atoms with van der Waals surface area (Å²) in [5, 5.41) is 2.07. The highest BCUT2D eigenvalue weighted by atomic mass is 32.1. The molecule has 3 aromatic heterocycles. The van der Waals surface area contributed by atoms with Gasteiger partial charge in [-0.15, -0.1) is 11.3 Å². The van der Waals surface area contributed by atoms with Gasteiger partial charge in [0.2, 0.25) is 0 Å². The normalized spacial score (nSPS) is 11.8. The van der Waals surface area contributed by atoms with Crippen LogP contribution in [0, 0.1) is 0 Å². The highest BCUT2D eigenvalue weighted by Crippen LogP contribution is 2.34. The molecule has 1 N–H and O–H groups in total. The van der Waals surface area contributed by atoms with Gasteiger partial charge in [0.1, 0.15) is 0 Å². The van der Waals surface area contributed by atoms with E-state index in [4.69, 9.17) is 0 Å². The second-order valence-corrected chi connectivity index (χ2v) is 7.23. The van der Waals surface area contributed by atoms with Crippen molar-refractivity contribution in [3.05, 3.63) is 53.2 Å². The topological polar surface area (TPSA) is 28.7 Å². The molecule has 0 aliphatic carbocycles. The minimum absolute atomic E-state index is 0.375. The Hall–Kier alpha value is -2.08. The number of pyridine rings is 1. The van der Waals surface area contributed by atoms with Crippen molar-refractivity contribution in [3.8, 4) is 21.8 Å². The second kappa shape index (κ2) is 8.08. The Morgan fingerprint density at radius 2 is 1.96 bits per heavy atom. The number of unbranched alkanes of at least 4 members (excludes halogenated alkanes) is 3. The summed E-state index contributed by atoms with van der Waals surface area (Å²) >= 11 is 1.66. The fourth-order valence-electron chi connectivity index (χ4n) is 2.95. The molecule has 138 valence electrons. The van der Waals surface area contributed by atoms with Gasteiger partial charge in [-0.05, 0) is 53.6 Å². The molecule has 0 saturated heterocycles. The number of H-pyrrole nitrogens is 1. The van der Waals surface area contributed by atoms with Gasteiger partial charge in [0.05, 0.1) is 17.0 Å². The number of rotatable bonds is 7. The zero-order valence-corrected chi connectivity index (χ0v) is 15.4. The Morgan fingerprint density at radius 1 is 1.12 bits per heavy atom. The van der Waals surface area contributed by atoms with Gasteiger partial charge in [0, 0.05) is 17.3 Å². The van der Waals surface area contributed by atoms with Crippen molar-refractivity contribution in [3.63, 3.8) is 0 Å². The highest BCUT2D eigenvalue weighted by molar-refractivity contribution is 7.13. The molecule has 2 nitrogen and oxygen atoms in total. The molecule has 0 spiro atoms. The molecule has 0 unspecified atom stereocenters. The zero-order chi connectivity index (χ0) is 18.6. The van der Waals surface area contributed by atoms with Crippen LogP contribution >= 0.6 is 11.3 Å². The molecule has 3 aromatic rings. The Labute approximate surface area is 155 Å². The molecule has 0 aromatic carbocycles. The van der Waals surface area contributed by atoms with E-state index in [1.54, 1.807) is 17.5 Å². The average Bonchev–Trinajstić information content (AvgIpc) is 3.28. The summed E-state index contributed by atoms with van der Waals surface area (Å²) in [4.78, 5) is 8.10. The second-order valence-electron chi connectivity index (χ2n) is 6.32. The smallest absolute Gasteiger partial charge is 0.359 e. The first-order valence-corrected chi connectivity index (χ1v) is 9.65. The Bertz CT molecular complexity index is 849. The van der Waals surface area contributed by atoms with E-state index >= 15 is 0 Å². The van der Waals surface area contributed by atoms with Gasteiger partial charge in [-0.25, -0.2) is 0 Å². The lowest BCUT2D eigenvalue weighted by Gasteiger charge is -2.06. The molecule has 0 fully saturated rings. The number of aromatic nitrogens is 2. The van der Waals surface area contributed by atoms with Crippen LogP contribution in [0.2, 0.25) is 0 Å². The number of nitrogens with zero attached hydrogens (tertiary/aromatic N) is 1. The number of aryl methyl sites for hydroxylation is 1. The minimum Gasteiger partial charge on any atom is -0.359 e. The van der Waals surface area contributed by atoms with Crippen LogP contribution in [0.25, 0.3) is 21.8 Å². The molecule has 0 aliphatic heterocycles. The van der Waals surface area contributed by atoms with Gasteiger partial charge >= 0.3 is 6.18 Å². The summed E-state index contributed by atoms with van der Waals surface area (Å²) in [7, 11) is 0. The van der Waals surface area contributed by atoms with Gasteiger partial charge in [0.25, 0.3) is 0 Å². The maximum atomic E-state index is 12.8. The number of aromatic amines is 1. The van der Waals surface area contributed by atoms with Crippen LogP contribution in [0.4, 0.5) is 13.2 Å². The zero-order valence-electron chi connectivity index (χ0n) is 14.6. The Balaban J connectivity index is 1.82. The van der Waals surface area contributed by atoms with Crippen molar-refractivity contribution in [2.75, 3.05) is 0 Å². The summed E-state index contributed by atoms with van der Waals surface area (Å²) < 4.78 is 38.4. The molecule has 0 saturated carbocycles. The summed E-state index contributed by atoms with van der Waals surface area (Å²) in [5.74, 6) is 0. The van der Waals surface area contributed by atoms with Gasteiger partial charge in [0.15, 0.2) is 0 Å². The Morgan fingerprint density at radius 3 is 2.69 bits per heavy atom. The van der Waals surface area contributed by atoms with Crippen LogP contribution in [0.5, 0.6) is 0 Å². The standard InChI is InChI=1S/C20H21F3N2S/c1-2-3-4-5-6-14-8-10-26-19(14)15-7-9-24-17(11-15)18-12-16(13-25-18)20(21,22)23/h7-13,25H,2-6H2,1H3. The summed E-state index contributed by atoms with van der Waals surface area (Å²) in [5.41, 5.74) is 2.50. The summed E-state index contributed by atoms with van der Waals surface area (Å²) in [6.07, 6.45) is 4.13. The van der Waals surface area contributed by atoms with Crippen LogP contribution in [-0.2, 0) is 12.6 Å². The fraction of sp³-hybridized carbons (Fsp3) is 0.350. The predicted molar refractivity (Wildman–Crippen MR) is 100 cm³/mol. The Kier molecular flexibility index (Phi) is 5.81. The molecule has 0 bridgehead atoms. The van der Waals surface area contributed by atoms with Crippen molar-refractivity contribution in [1.29, 1.82) is 0 Å². The van der Waals surface area contributed by atoms with E-state index in [0.29, 0.717) is 11.4 Å². The first kappa shape index (κ1) is 18.7. The number of alkyl halides is 3. The SMILES string of the molecule is CCCCCCc1ccsc1-c1ccnc(-c2cc(C(F)(F)F)c[nH]2)c1. The van der Waals surface area contributed by atoms with Crippen LogP contribution in [0.15, 0.2) is 42.0 Å². The van der Waals surface area contributed by atoms with E-state index in [1.165, 1.54) is 29.7 Å². The van der Waals surface area contributed by atoms with Gasteiger partial charge in [-0.2, -0.15) is 13.2 Å². The van der Waals surface area contributed by atoms with Crippen molar-refractivity contribution in [1.82, 2.24) is 9.97 Å². The molecule has 0 radical (unpaired) electrons. The third-order valence-corrected chi connectivity index (χ3v) is 5.36. The maximum absolute atomic E-state index is 12.8. The van der Waals surface area contributed by atoms with E-state index < -0.39 is 11.7 Å². The number of hydrogen-bond donors (Lipinski definition) is 1. The number of halogens is 3. The van der Waals surface area contributed by atoms with Crippen molar-refractivity contribution in [2.45, 2.75) is 45.2 Å². The van der Waals surface area contributed by atoms with Crippen LogP contribution in [0.3, 0.4) is 0 Å². The van der Waals surface area contributed by atoms with E-state index in [1.807, 2.05) is 12.1 Å². The molecule has 0 aliphatic rings. The van der Waals surface area contributed by atoms with Crippen LogP contribution in [0.1, 0.15) is 43.7 Å². The third-order valence-electron chi connectivity index (χ3n) is 4.35. The van der Waals surface area contributed by atoms with E-state index in [9.17, 15) is 13.2 Å². The fourth-order valence-corrected chi connectivity index (χ4v) is 3.91. The molecule has 0 atom stereocenters. The first-order chi connectivity index (χ1) is 12.5. The van der Waals surface area contributed by atoms with Crippen molar-refractivity contribution in [2.24, 2.45) is 0 Å². The number of nitrogens with one attached hydrogen (secondary N) is 1. The van der Waals surface area contributed by atoms with Crippen LogP contribution < -0.4 is 0 Å². The molecule has 6 heteroatoms. The lowest BCUT2D eigenvalue weighted by Crippen LogP contribution is -2.02. The maximum Gasteiger partial charge on any atom is 0.417 e. The number of thiophene rings is 1. The average molecular weight is 378 g/mol. The van der Waals surface area contributed by atoms with Crippen LogP contribution in [-0.4, -0.2) is 9.97 Å². The van der Waals surface area contributed by atoms with Gasteiger partial charge in [-0.1, -0.05) is 26.2 Å². The molecular formula is C20H21F3N2S. The summed E-state index contributed by atoms with van der Waals surface area (Å²) in [6.45, 7) is 2.19. The lowest BCUT2D eigenvalue weighted by atomic mass is 10.0.